The Labute approximate surface area is 233 Å². The van der Waals surface area contributed by atoms with Gasteiger partial charge in [-0.25, -0.2) is 19.9 Å². The zero-order valence-corrected chi connectivity index (χ0v) is 22.0. The first kappa shape index (κ1) is 24.4. The molecule has 0 aliphatic heterocycles. The summed E-state index contributed by atoms with van der Waals surface area (Å²) in [7, 11) is 1.52. The van der Waals surface area contributed by atoms with Crippen LogP contribution in [0.25, 0.3) is 34.1 Å². The first-order valence-corrected chi connectivity index (χ1v) is 13.0. The van der Waals surface area contributed by atoms with Gasteiger partial charge < -0.3 is 15.8 Å². The van der Waals surface area contributed by atoms with Gasteiger partial charge >= 0.3 is 0 Å². The van der Waals surface area contributed by atoms with Crippen molar-refractivity contribution in [2.75, 3.05) is 12.8 Å². The molecule has 1 aliphatic rings. The van der Waals surface area contributed by atoms with Crippen LogP contribution in [0, 0.1) is 0 Å². The van der Waals surface area contributed by atoms with Gasteiger partial charge in [0.1, 0.15) is 11.3 Å². The lowest BCUT2D eigenvalue weighted by Gasteiger charge is -2.16. The minimum Gasteiger partial charge on any atom is -0.481 e. The minimum absolute atomic E-state index is 0.116. The Hall–Kier alpha value is -5.65. The third-order valence-electron chi connectivity index (χ3n) is 7.17. The molecule has 12 heteroatoms. The van der Waals surface area contributed by atoms with E-state index in [9.17, 15) is 4.79 Å². The number of hydrogen-bond acceptors (Lipinski definition) is 9. The van der Waals surface area contributed by atoms with Gasteiger partial charge in [-0.1, -0.05) is 6.07 Å². The lowest BCUT2D eigenvalue weighted by atomic mass is 10.1. The SMILES string of the molecule is COc1cc(C(=O)N[C@H]2CCc3cc(-n4c(-c5cccnc5N)nc5ccc(-n6nccn6)nc54)ccc32)ccn1. The fourth-order valence-corrected chi connectivity index (χ4v) is 5.22. The van der Waals surface area contributed by atoms with Gasteiger partial charge in [-0.05, 0) is 66.4 Å². The van der Waals surface area contributed by atoms with Crippen LogP contribution >= 0.6 is 0 Å². The van der Waals surface area contributed by atoms with Crippen molar-refractivity contribution in [2.24, 2.45) is 0 Å². The van der Waals surface area contributed by atoms with Crippen molar-refractivity contribution in [3.05, 3.63) is 96.1 Å². The van der Waals surface area contributed by atoms with Crippen LogP contribution in [0.1, 0.15) is 33.9 Å². The Kier molecular flexibility index (Phi) is 5.85. The van der Waals surface area contributed by atoms with E-state index in [1.54, 1.807) is 36.9 Å². The Bertz CT molecular complexity index is 1910. The second-order valence-corrected chi connectivity index (χ2v) is 9.57. The molecule has 1 atom stereocenters. The number of aromatic nitrogens is 8. The highest BCUT2D eigenvalue weighted by atomic mass is 16.5. The standard InChI is InChI=1S/C29H24N10O2/c1-41-25-16-18(10-12-31-25)29(40)36-22-7-4-17-15-19(5-6-20(17)22)38-27(21-3-2-11-32-26(21)30)35-23-8-9-24(37-28(23)38)39-33-13-14-34-39/h2-3,5-6,8-16,22H,4,7H2,1H3,(H2,30,32)(H,36,40)/t22-/m0/s1. The van der Waals surface area contributed by atoms with Crippen LogP contribution in [0.5, 0.6) is 5.88 Å². The molecule has 3 N–H and O–H groups in total. The van der Waals surface area contributed by atoms with Gasteiger partial charge in [0.15, 0.2) is 17.3 Å². The molecule has 0 fully saturated rings. The molecule has 0 unspecified atom stereocenters. The van der Waals surface area contributed by atoms with E-state index in [-0.39, 0.29) is 11.9 Å². The summed E-state index contributed by atoms with van der Waals surface area (Å²) in [6.07, 6.45) is 8.01. The molecule has 0 bridgehead atoms. The summed E-state index contributed by atoms with van der Waals surface area (Å²) in [5, 5.41) is 11.6. The van der Waals surface area contributed by atoms with Crippen molar-refractivity contribution in [3.63, 3.8) is 0 Å². The molecule has 0 spiro atoms. The monoisotopic (exact) mass is 544 g/mol. The topological polar surface area (TPSA) is 152 Å². The third-order valence-corrected chi connectivity index (χ3v) is 7.17. The number of carbonyl (C=O) groups is 1. The molecule has 0 radical (unpaired) electrons. The average molecular weight is 545 g/mol. The van der Waals surface area contributed by atoms with Crippen molar-refractivity contribution in [3.8, 4) is 28.8 Å². The zero-order chi connectivity index (χ0) is 27.9. The maximum atomic E-state index is 13.0. The van der Waals surface area contributed by atoms with Crippen molar-refractivity contribution in [1.82, 2.24) is 44.8 Å². The Morgan fingerprint density at radius 3 is 2.71 bits per heavy atom. The molecule has 0 saturated heterocycles. The molecule has 6 aromatic rings. The number of nitrogen functional groups attached to an aromatic ring is 1. The molecule has 5 heterocycles. The smallest absolute Gasteiger partial charge is 0.252 e. The number of ether oxygens (including phenoxy) is 1. The van der Waals surface area contributed by atoms with E-state index in [4.69, 9.17) is 20.4 Å². The van der Waals surface area contributed by atoms with E-state index >= 15 is 0 Å². The molecule has 5 aromatic heterocycles. The molecule has 41 heavy (non-hydrogen) atoms. The van der Waals surface area contributed by atoms with Gasteiger partial charge in [0, 0.05) is 29.7 Å². The van der Waals surface area contributed by atoms with E-state index in [0.29, 0.717) is 45.6 Å². The fraction of sp³-hybridized carbons (Fsp3) is 0.138. The number of anilines is 1. The summed E-state index contributed by atoms with van der Waals surface area (Å²) < 4.78 is 7.14. The molecule has 7 rings (SSSR count). The molecule has 1 aliphatic carbocycles. The highest BCUT2D eigenvalue weighted by Gasteiger charge is 2.26. The highest BCUT2D eigenvalue weighted by Crippen LogP contribution is 2.36. The van der Waals surface area contributed by atoms with Crippen molar-refractivity contribution < 1.29 is 9.53 Å². The van der Waals surface area contributed by atoms with Crippen molar-refractivity contribution >= 4 is 22.9 Å². The van der Waals surface area contributed by atoms with Gasteiger partial charge in [0.25, 0.3) is 5.91 Å². The number of pyridine rings is 3. The predicted molar refractivity (Wildman–Crippen MR) is 151 cm³/mol. The van der Waals surface area contributed by atoms with Crippen LogP contribution < -0.4 is 15.8 Å². The lowest BCUT2D eigenvalue weighted by molar-refractivity contribution is 0.0936. The molecule has 12 nitrogen and oxygen atoms in total. The first-order chi connectivity index (χ1) is 20.1. The van der Waals surface area contributed by atoms with Gasteiger partial charge in [-0.15, -0.1) is 4.80 Å². The van der Waals surface area contributed by atoms with Gasteiger partial charge in [0.2, 0.25) is 5.88 Å². The van der Waals surface area contributed by atoms with Crippen LogP contribution in [0.2, 0.25) is 0 Å². The number of amides is 1. The summed E-state index contributed by atoms with van der Waals surface area (Å²) in [6, 6.07) is 16.8. The van der Waals surface area contributed by atoms with Crippen molar-refractivity contribution in [1.29, 1.82) is 0 Å². The van der Waals surface area contributed by atoms with E-state index < -0.39 is 0 Å². The van der Waals surface area contributed by atoms with E-state index in [1.165, 1.54) is 11.9 Å². The largest absolute Gasteiger partial charge is 0.481 e. The number of nitrogens with one attached hydrogen (secondary N) is 1. The summed E-state index contributed by atoms with van der Waals surface area (Å²) in [6.45, 7) is 0. The number of carbonyl (C=O) groups excluding carboxylic acids is 1. The number of nitrogens with zero attached hydrogens (tertiary/aromatic N) is 8. The minimum atomic E-state index is -0.175. The van der Waals surface area contributed by atoms with Crippen LogP contribution in [-0.4, -0.2) is 52.5 Å². The summed E-state index contributed by atoms with van der Waals surface area (Å²) in [4.78, 5) is 32.6. The third kappa shape index (κ3) is 4.31. The normalized spacial score (nSPS) is 14.2. The first-order valence-electron chi connectivity index (χ1n) is 13.0. The quantitative estimate of drug-likeness (QED) is 0.321. The zero-order valence-electron chi connectivity index (χ0n) is 22.0. The lowest BCUT2D eigenvalue weighted by Crippen LogP contribution is -2.27. The van der Waals surface area contributed by atoms with E-state index in [0.717, 1.165) is 29.7 Å². The maximum Gasteiger partial charge on any atom is 0.252 e. The Morgan fingerprint density at radius 2 is 1.88 bits per heavy atom. The molecule has 1 amide bonds. The van der Waals surface area contributed by atoms with Gasteiger partial charge in [0.05, 0.1) is 31.1 Å². The van der Waals surface area contributed by atoms with Crippen LogP contribution in [0.3, 0.4) is 0 Å². The number of imidazole rings is 1. The van der Waals surface area contributed by atoms with Crippen LogP contribution in [-0.2, 0) is 6.42 Å². The number of methoxy groups -OCH3 is 1. The summed E-state index contributed by atoms with van der Waals surface area (Å²) in [5.41, 5.74) is 11.9. The second-order valence-electron chi connectivity index (χ2n) is 9.57. The average Bonchev–Trinajstić information content (AvgIpc) is 3.76. The Balaban J connectivity index is 1.29. The summed E-state index contributed by atoms with van der Waals surface area (Å²) >= 11 is 0. The highest BCUT2D eigenvalue weighted by molar-refractivity contribution is 5.94. The number of nitrogens with two attached hydrogens (primary N) is 1. The second kappa shape index (κ2) is 9.83. The predicted octanol–water partition coefficient (Wildman–Crippen LogP) is 3.47. The van der Waals surface area contributed by atoms with Gasteiger partial charge in [-0.2, -0.15) is 10.2 Å². The van der Waals surface area contributed by atoms with Crippen molar-refractivity contribution in [2.45, 2.75) is 18.9 Å². The molecule has 1 aromatic carbocycles. The Morgan fingerprint density at radius 1 is 1.00 bits per heavy atom. The molecular formula is C29H24N10O2. The molecule has 0 saturated carbocycles. The van der Waals surface area contributed by atoms with E-state index in [1.807, 2.05) is 34.9 Å². The summed E-state index contributed by atoms with van der Waals surface area (Å²) in [5.74, 6) is 1.78. The number of hydrogen-bond donors (Lipinski definition) is 2. The van der Waals surface area contributed by atoms with Gasteiger partial charge in [-0.3, -0.25) is 9.36 Å². The van der Waals surface area contributed by atoms with Crippen LogP contribution in [0.4, 0.5) is 5.82 Å². The molecule has 202 valence electrons. The number of rotatable bonds is 6. The molecular weight excluding hydrogens is 520 g/mol. The number of aryl methyl sites for hydroxylation is 1. The van der Waals surface area contributed by atoms with Crippen LogP contribution in [0.15, 0.2) is 79.4 Å². The maximum absolute atomic E-state index is 13.0. The number of benzene rings is 1. The number of fused-ring (bicyclic) bond motifs is 2. The fourth-order valence-electron chi connectivity index (χ4n) is 5.22. The van der Waals surface area contributed by atoms with E-state index in [2.05, 4.69) is 37.6 Å².